The second kappa shape index (κ2) is 5.30. The van der Waals surface area contributed by atoms with Crippen LogP contribution in [0.5, 0.6) is 0 Å². The van der Waals surface area contributed by atoms with Crippen LogP contribution < -0.4 is 5.32 Å². The molecule has 0 aliphatic heterocycles. The van der Waals surface area contributed by atoms with Crippen molar-refractivity contribution >= 4 is 5.91 Å². The first kappa shape index (κ1) is 13.4. The van der Waals surface area contributed by atoms with Gasteiger partial charge < -0.3 is 10.3 Å². The van der Waals surface area contributed by atoms with Crippen molar-refractivity contribution < 1.29 is 4.79 Å². The van der Waals surface area contributed by atoms with Crippen LogP contribution in [-0.4, -0.2) is 20.7 Å². The second-order valence-electron chi connectivity index (χ2n) is 5.10. The van der Waals surface area contributed by atoms with Crippen molar-refractivity contribution in [3.63, 3.8) is 0 Å². The number of amides is 1. The number of aryl methyl sites for hydroxylation is 1. The topological polar surface area (TPSA) is 62.7 Å². The third-order valence-electron chi connectivity index (χ3n) is 3.17. The van der Waals surface area contributed by atoms with Crippen molar-refractivity contribution in [3.05, 3.63) is 41.5 Å². The summed E-state index contributed by atoms with van der Waals surface area (Å²) in [6.07, 6.45) is 5.48. The Labute approximate surface area is 113 Å². The maximum Gasteiger partial charge on any atom is 0.253 e. The Balaban J connectivity index is 2.10. The lowest BCUT2D eigenvalue weighted by atomic mass is 10.1. The summed E-state index contributed by atoms with van der Waals surface area (Å²) in [6.45, 7) is 6.08. The minimum Gasteiger partial charge on any atom is -0.364 e. The predicted molar refractivity (Wildman–Crippen MR) is 74.0 cm³/mol. The number of H-pyrrole nitrogens is 1. The molecule has 0 saturated heterocycles. The molecule has 2 N–H and O–H groups in total. The molecule has 0 spiro atoms. The molecular weight excluding hydrogens is 240 g/mol. The number of aromatic amines is 1. The lowest BCUT2D eigenvalue weighted by Gasteiger charge is -2.13. The molecule has 0 aromatic carbocycles. The van der Waals surface area contributed by atoms with Crippen LogP contribution in [-0.2, 0) is 7.05 Å². The number of rotatable bonds is 4. The molecule has 0 aliphatic carbocycles. The third kappa shape index (κ3) is 2.86. The molecule has 0 bridgehead atoms. The van der Waals surface area contributed by atoms with E-state index in [4.69, 9.17) is 0 Å². The Morgan fingerprint density at radius 3 is 2.74 bits per heavy atom. The van der Waals surface area contributed by atoms with Gasteiger partial charge in [0.15, 0.2) is 0 Å². The van der Waals surface area contributed by atoms with Gasteiger partial charge in [-0.15, -0.1) is 0 Å². The van der Waals surface area contributed by atoms with Crippen LogP contribution in [0, 0.1) is 0 Å². The summed E-state index contributed by atoms with van der Waals surface area (Å²) in [5.41, 5.74) is 2.68. The largest absolute Gasteiger partial charge is 0.364 e. The normalized spacial score (nSPS) is 12.7. The Morgan fingerprint density at radius 2 is 2.16 bits per heavy atom. The molecule has 5 nitrogen and oxygen atoms in total. The summed E-state index contributed by atoms with van der Waals surface area (Å²) >= 11 is 0. The first-order chi connectivity index (χ1) is 8.99. The van der Waals surface area contributed by atoms with E-state index in [2.05, 4.69) is 29.2 Å². The SMILES string of the molecule is CC(C)c1[nH]ccc1C(=O)NC(C)c1cnn(C)c1. The van der Waals surface area contributed by atoms with Gasteiger partial charge in [-0.2, -0.15) is 5.10 Å². The molecule has 2 heterocycles. The third-order valence-corrected chi connectivity index (χ3v) is 3.17. The van der Waals surface area contributed by atoms with Gasteiger partial charge in [-0.3, -0.25) is 9.48 Å². The summed E-state index contributed by atoms with van der Waals surface area (Å²) in [5.74, 6) is 0.241. The van der Waals surface area contributed by atoms with Crippen LogP contribution in [0.15, 0.2) is 24.7 Å². The van der Waals surface area contributed by atoms with Crippen molar-refractivity contribution in [3.8, 4) is 0 Å². The Morgan fingerprint density at radius 1 is 1.42 bits per heavy atom. The monoisotopic (exact) mass is 260 g/mol. The van der Waals surface area contributed by atoms with Crippen LogP contribution in [0.1, 0.15) is 54.3 Å². The number of carbonyl (C=O) groups is 1. The molecule has 2 aromatic heterocycles. The zero-order chi connectivity index (χ0) is 14.0. The quantitative estimate of drug-likeness (QED) is 0.886. The highest BCUT2D eigenvalue weighted by Gasteiger charge is 2.17. The van der Waals surface area contributed by atoms with E-state index in [1.54, 1.807) is 17.1 Å². The van der Waals surface area contributed by atoms with Crippen molar-refractivity contribution in [1.29, 1.82) is 0 Å². The molecule has 1 amide bonds. The standard InChI is InChI=1S/C14H20N4O/c1-9(2)13-12(5-6-15-13)14(19)17-10(3)11-7-16-18(4)8-11/h5-10,15H,1-4H3,(H,17,19). The summed E-state index contributed by atoms with van der Waals surface area (Å²) in [6, 6.07) is 1.76. The van der Waals surface area contributed by atoms with E-state index in [9.17, 15) is 4.79 Å². The van der Waals surface area contributed by atoms with E-state index in [1.807, 2.05) is 26.2 Å². The fourth-order valence-corrected chi connectivity index (χ4v) is 2.08. The molecule has 0 aliphatic rings. The van der Waals surface area contributed by atoms with Gasteiger partial charge in [-0.05, 0) is 18.9 Å². The molecule has 0 radical (unpaired) electrons. The summed E-state index contributed by atoms with van der Waals surface area (Å²) < 4.78 is 1.73. The van der Waals surface area contributed by atoms with Crippen molar-refractivity contribution in [2.24, 2.45) is 7.05 Å². The van der Waals surface area contributed by atoms with Gasteiger partial charge >= 0.3 is 0 Å². The van der Waals surface area contributed by atoms with Crippen LogP contribution in [0.2, 0.25) is 0 Å². The smallest absolute Gasteiger partial charge is 0.253 e. The molecule has 1 unspecified atom stereocenters. The number of nitrogens with one attached hydrogen (secondary N) is 2. The lowest BCUT2D eigenvalue weighted by Crippen LogP contribution is -2.27. The minimum absolute atomic E-state index is 0.0543. The van der Waals surface area contributed by atoms with Crippen LogP contribution in [0.4, 0.5) is 0 Å². The maximum absolute atomic E-state index is 12.3. The molecule has 1 atom stereocenters. The summed E-state index contributed by atoms with van der Waals surface area (Å²) in [5, 5.41) is 7.11. The van der Waals surface area contributed by atoms with Crippen LogP contribution in [0.25, 0.3) is 0 Å². The highest BCUT2D eigenvalue weighted by molar-refractivity contribution is 5.95. The number of nitrogens with zero attached hydrogens (tertiary/aromatic N) is 2. The Hall–Kier alpha value is -2.04. The highest BCUT2D eigenvalue weighted by Crippen LogP contribution is 2.19. The molecular formula is C14H20N4O. The molecule has 0 saturated carbocycles. The Bertz CT molecular complexity index is 568. The van der Waals surface area contributed by atoms with Gasteiger partial charge in [-0.1, -0.05) is 13.8 Å². The first-order valence-electron chi connectivity index (χ1n) is 6.45. The number of hydrogen-bond donors (Lipinski definition) is 2. The van der Waals surface area contributed by atoms with E-state index >= 15 is 0 Å². The predicted octanol–water partition coefficient (Wildman–Crippen LogP) is 2.36. The summed E-state index contributed by atoms with van der Waals surface area (Å²) in [7, 11) is 1.86. The van der Waals surface area contributed by atoms with E-state index in [1.165, 1.54) is 0 Å². The number of carbonyl (C=O) groups excluding carboxylic acids is 1. The van der Waals surface area contributed by atoms with E-state index < -0.39 is 0 Å². The van der Waals surface area contributed by atoms with Gasteiger partial charge in [0.05, 0.1) is 17.8 Å². The van der Waals surface area contributed by atoms with Gasteiger partial charge in [0, 0.05) is 30.7 Å². The van der Waals surface area contributed by atoms with E-state index in [0.717, 1.165) is 11.3 Å². The second-order valence-corrected chi connectivity index (χ2v) is 5.10. The molecule has 2 aromatic rings. The molecule has 2 rings (SSSR count). The van der Waals surface area contributed by atoms with Crippen LogP contribution >= 0.6 is 0 Å². The van der Waals surface area contributed by atoms with Crippen molar-refractivity contribution in [2.75, 3.05) is 0 Å². The van der Waals surface area contributed by atoms with E-state index in [0.29, 0.717) is 11.5 Å². The Kier molecular flexibility index (Phi) is 3.74. The van der Waals surface area contributed by atoms with E-state index in [-0.39, 0.29) is 11.9 Å². The van der Waals surface area contributed by atoms with Gasteiger partial charge in [0.25, 0.3) is 5.91 Å². The molecule has 5 heteroatoms. The van der Waals surface area contributed by atoms with Gasteiger partial charge in [0.2, 0.25) is 0 Å². The number of aromatic nitrogens is 3. The van der Waals surface area contributed by atoms with Crippen molar-refractivity contribution in [1.82, 2.24) is 20.1 Å². The minimum atomic E-state index is -0.0592. The maximum atomic E-state index is 12.3. The molecule has 19 heavy (non-hydrogen) atoms. The zero-order valence-corrected chi connectivity index (χ0v) is 11.8. The fraction of sp³-hybridized carbons (Fsp3) is 0.429. The average Bonchev–Trinajstić information content (AvgIpc) is 2.96. The van der Waals surface area contributed by atoms with Gasteiger partial charge in [-0.25, -0.2) is 0 Å². The molecule has 102 valence electrons. The molecule has 0 fully saturated rings. The van der Waals surface area contributed by atoms with Gasteiger partial charge in [0.1, 0.15) is 0 Å². The summed E-state index contributed by atoms with van der Waals surface area (Å²) in [4.78, 5) is 15.4. The lowest BCUT2D eigenvalue weighted by molar-refractivity contribution is 0.0938. The van der Waals surface area contributed by atoms with Crippen molar-refractivity contribution in [2.45, 2.75) is 32.7 Å². The number of hydrogen-bond acceptors (Lipinski definition) is 2. The average molecular weight is 260 g/mol. The first-order valence-corrected chi connectivity index (χ1v) is 6.45. The highest BCUT2D eigenvalue weighted by atomic mass is 16.1. The fourth-order valence-electron chi connectivity index (χ4n) is 2.08. The zero-order valence-electron chi connectivity index (χ0n) is 11.8. The van der Waals surface area contributed by atoms with Crippen LogP contribution in [0.3, 0.4) is 0 Å².